The smallest absolute Gasteiger partial charge is 0.271 e. The molecule has 0 aromatic carbocycles. The fraction of sp³-hybridized carbons (Fsp3) is 0.643. The van der Waals surface area contributed by atoms with Gasteiger partial charge in [-0.05, 0) is 32.9 Å². The minimum atomic E-state index is -0.137. The molecule has 0 bridgehead atoms. The first kappa shape index (κ1) is 13.9. The van der Waals surface area contributed by atoms with E-state index >= 15 is 0 Å². The average Bonchev–Trinajstić information content (AvgIpc) is 2.68. The Bertz CT molecular complexity index is 396. The fourth-order valence-electron chi connectivity index (χ4n) is 2.29. The van der Waals surface area contributed by atoms with Crippen molar-refractivity contribution in [3.05, 3.63) is 23.8 Å². The van der Waals surface area contributed by atoms with Crippen molar-refractivity contribution in [2.75, 3.05) is 26.2 Å². The van der Waals surface area contributed by atoms with Crippen LogP contribution in [0.25, 0.3) is 0 Å². The van der Waals surface area contributed by atoms with Gasteiger partial charge in [0.2, 0.25) is 0 Å². The van der Waals surface area contributed by atoms with Gasteiger partial charge in [0.1, 0.15) is 5.69 Å². The molecule has 2 heterocycles. The number of likely N-dealkylation sites (tertiary alicyclic amines) is 1. The van der Waals surface area contributed by atoms with Crippen molar-refractivity contribution >= 4 is 5.91 Å². The van der Waals surface area contributed by atoms with Crippen molar-refractivity contribution in [2.24, 2.45) is 0 Å². The molecule has 19 heavy (non-hydrogen) atoms. The minimum Gasteiger partial charge on any atom is -0.349 e. The van der Waals surface area contributed by atoms with Gasteiger partial charge in [0.25, 0.3) is 5.91 Å². The van der Waals surface area contributed by atoms with Crippen LogP contribution in [0.1, 0.15) is 41.9 Å². The molecular formula is C14H22N4O. The Morgan fingerprint density at radius 3 is 2.58 bits per heavy atom. The Balaban J connectivity index is 1.72. The van der Waals surface area contributed by atoms with E-state index in [4.69, 9.17) is 0 Å². The van der Waals surface area contributed by atoms with Crippen LogP contribution in [0.15, 0.2) is 12.4 Å². The van der Waals surface area contributed by atoms with Crippen molar-refractivity contribution in [2.45, 2.75) is 32.6 Å². The Morgan fingerprint density at radius 2 is 1.95 bits per heavy atom. The molecule has 1 aromatic heterocycles. The molecule has 0 atom stereocenters. The van der Waals surface area contributed by atoms with Gasteiger partial charge >= 0.3 is 0 Å². The van der Waals surface area contributed by atoms with Gasteiger partial charge in [-0.15, -0.1) is 0 Å². The van der Waals surface area contributed by atoms with Gasteiger partial charge in [0.15, 0.2) is 0 Å². The summed E-state index contributed by atoms with van der Waals surface area (Å²) in [4.78, 5) is 22.4. The van der Waals surface area contributed by atoms with Crippen LogP contribution in [0.3, 0.4) is 0 Å². The number of aromatic nitrogens is 2. The van der Waals surface area contributed by atoms with E-state index in [9.17, 15) is 4.79 Å². The minimum absolute atomic E-state index is 0.137. The molecule has 2 rings (SSSR count). The van der Waals surface area contributed by atoms with Gasteiger partial charge < -0.3 is 10.2 Å². The quantitative estimate of drug-likeness (QED) is 0.891. The highest BCUT2D eigenvalue weighted by Crippen LogP contribution is 2.08. The van der Waals surface area contributed by atoms with Crippen molar-refractivity contribution in [1.29, 1.82) is 0 Å². The molecule has 0 aliphatic carbocycles. The van der Waals surface area contributed by atoms with Crippen LogP contribution >= 0.6 is 0 Å². The predicted molar refractivity (Wildman–Crippen MR) is 74.0 cm³/mol. The number of hydrogen-bond acceptors (Lipinski definition) is 4. The molecule has 104 valence electrons. The summed E-state index contributed by atoms with van der Waals surface area (Å²) in [7, 11) is 0. The molecule has 1 aliphatic rings. The molecule has 1 fully saturated rings. The Kier molecular flexibility index (Phi) is 5.27. The summed E-state index contributed by atoms with van der Waals surface area (Å²) in [5.74, 6) is -0.137. The molecule has 0 unspecified atom stereocenters. The average molecular weight is 262 g/mol. The van der Waals surface area contributed by atoms with E-state index in [1.54, 1.807) is 6.20 Å². The molecule has 1 aromatic rings. The summed E-state index contributed by atoms with van der Waals surface area (Å²) in [6.07, 6.45) is 8.36. The maximum absolute atomic E-state index is 11.8. The molecule has 1 amide bonds. The first-order valence-corrected chi connectivity index (χ1v) is 7.05. The number of carbonyl (C=O) groups excluding carboxylic acids is 1. The first-order chi connectivity index (χ1) is 9.25. The second-order valence-electron chi connectivity index (χ2n) is 5.05. The number of rotatable bonds is 4. The maximum atomic E-state index is 11.8. The lowest BCUT2D eigenvalue weighted by atomic mass is 10.2. The van der Waals surface area contributed by atoms with E-state index in [1.165, 1.54) is 31.9 Å². The second kappa shape index (κ2) is 7.19. The zero-order chi connectivity index (χ0) is 13.5. The summed E-state index contributed by atoms with van der Waals surface area (Å²) in [6, 6.07) is 0. The van der Waals surface area contributed by atoms with Gasteiger partial charge in [-0.3, -0.25) is 9.78 Å². The summed E-state index contributed by atoms with van der Waals surface area (Å²) in [5.41, 5.74) is 1.21. The van der Waals surface area contributed by atoms with Crippen LogP contribution in [0.2, 0.25) is 0 Å². The normalized spacial score (nSPS) is 16.9. The number of amides is 1. The topological polar surface area (TPSA) is 58.1 Å². The number of hydrogen-bond donors (Lipinski definition) is 1. The standard InChI is InChI=1S/C14H22N4O/c1-12-10-17-13(11-16-12)14(19)15-6-9-18-7-4-2-3-5-8-18/h10-11H,2-9H2,1H3,(H,15,19). The van der Waals surface area contributed by atoms with Gasteiger partial charge in [-0.1, -0.05) is 12.8 Å². The lowest BCUT2D eigenvalue weighted by Gasteiger charge is -2.19. The van der Waals surface area contributed by atoms with Crippen LogP contribution in [0, 0.1) is 6.92 Å². The Morgan fingerprint density at radius 1 is 1.21 bits per heavy atom. The number of carbonyl (C=O) groups is 1. The summed E-state index contributed by atoms with van der Waals surface area (Å²) < 4.78 is 0. The molecule has 1 N–H and O–H groups in total. The van der Waals surface area contributed by atoms with E-state index in [2.05, 4.69) is 20.2 Å². The molecule has 1 saturated heterocycles. The van der Waals surface area contributed by atoms with Crippen LogP contribution in [0.5, 0.6) is 0 Å². The SMILES string of the molecule is Cc1cnc(C(=O)NCCN2CCCCCC2)cn1. The zero-order valence-corrected chi connectivity index (χ0v) is 11.6. The van der Waals surface area contributed by atoms with E-state index in [0.29, 0.717) is 12.2 Å². The van der Waals surface area contributed by atoms with E-state index in [1.807, 2.05) is 6.92 Å². The molecule has 0 saturated carbocycles. The first-order valence-electron chi connectivity index (χ1n) is 7.05. The Labute approximate surface area is 114 Å². The summed E-state index contributed by atoms with van der Waals surface area (Å²) >= 11 is 0. The van der Waals surface area contributed by atoms with Crippen molar-refractivity contribution in [3.63, 3.8) is 0 Å². The molecular weight excluding hydrogens is 240 g/mol. The molecule has 0 radical (unpaired) electrons. The predicted octanol–water partition coefficient (Wildman–Crippen LogP) is 1.39. The molecule has 5 heteroatoms. The second-order valence-corrected chi connectivity index (χ2v) is 5.05. The van der Waals surface area contributed by atoms with Crippen molar-refractivity contribution < 1.29 is 4.79 Å². The highest BCUT2D eigenvalue weighted by Gasteiger charge is 2.10. The molecule has 5 nitrogen and oxygen atoms in total. The van der Waals surface area contributed by atoms with Gasteiger partial charge in [0, 0.05) is 19.3 Å². The number of nitrogens with zero attached hydrogens (tertiary/aromatic N) is 3. The third-order valence-electron chi connectivity index (χ3n) is 3.43. The third-order valence-corrected chi connectivity index (χ3v) is 3.43. The highest BCUT2D eigenvalue weighted by molar-refractivity contribution is 5.91. The van der Waals surface area contributed by atoms with Crippen LogP contribution in [-0.4, -0.2) is 47.0 Å². The van der Waals surface area contributed by atoms with Crippen LogP contribution in [0.4, 0.5) is 0 Å². The zero-order valence-electron chi connectivity index (χ0n) is 11.6. The molecule has 1 aliphatic heterocycles. The fourth-order valence-corrected chi connectivity index (χ4v) is 2.29. The monoisotopic (exact) mass is 262 g/mol. The van der Waals surface area contributed by atoms with E-state index in [0.717, 1.165) is 25.3 Å². The van der Waals surface area contributed by atoms with Crippen molar-refractivity contribution in [3.8, 4) is 0 Å². The lowest BCUT2D eigenvalue weighted by Crippen LogP contribution is -2.35. The molecule has 0 spiro atoms. The van der Waals surface area contributed by atoms with Gasteiger partial charge in [0.05, 0.1) is 11.9 Å². The van der Waals surface area contributed by atoms with Crippen molar-refractivity contribution in [1.82, 2.24) is 20.2 Å². The number of aryl methyl sites for hydroxylation is 1. The van der Waals surface area contributed by atoms with E-state index < -0.39 is 0 Å². The van der Waals surface area contributed by atoms with Gasteiger partial charge in [-0.25, -0.2) is 4.98 Å². The maximum Gasteiger partial charge on any atom is 0.271 e. The van der Waals surface area contributed by atoms with Crippen LogP contribution in [-0.2, 0) is 0 Å². The Hall–Kier alpha value is -1.49. The lowest BCUT2D eigenvalue weighted by molar-refractivity contribution is 0.0943. The van der Waals surface area contributed by atoms with Gasteiger partial charge in [-0.2, -0.15) is 0 Å². The third kappa shape index (κ3) is 4.59. The summed E-state index contributed by atoms with van der Waals surface area (Å²) in [6.45, 7) is 5.76. The van der Waals surface area contributed by atoms with E-state index in [-0.39, 0.29) is 5.91 Å². The number of nitrogens with one attached hydrogen (secondary N) is 1. The largest absolute Gasteiger partial charge is 0.349 e. The highest BCUT2D eigenvalue weighted by atomic mass is 16.1. The summed E-state index contributed by atoms with van der Waals surface area (Å²) in [5, 5.41) is 2.90. The van der Waals surface area contributed by atoms with Crippen LogP contribution < -0.4 is 5.32 Å².